The van der Waals surface area contributed by atoms with E-state index in [1.54, 1.807) is 12.1 Å². The number of aliphatic carboxylic acids is 1. The Morgan fingerprint density at radius 1 is 1.43 bits per heavy atom. The van der Waals surface area contributed by atoms with Gasteiger partial charge in [-0.2, -0.15) is 0 Å². The molecule has 1 aromatic carbocycles. The summed E-state index contributed by atoms with van der Waals surface area (Å²) in [5.74, 6) is -0.106. The van der Waals surface area contributed by atoms with Gasteiger partial charge >= 0.3 is 5.97 Å². The third-order valence-electron chi connectivity index (χ3n) is 4.94. The summed E-state index contributed by atoms with van der Waals surface area (Å²) in [6.07, 6.45) is 3.41. The summed E-state index contributed by atoms with van der Waals surface area (Å²) < 4.78 is 13.5. The molecule has 2 rings (SSSR count). The van der Waals surface area contributed by atoms with Crippen LogP contribution in [-0.4, -0.2) is 11.1 Å². The Labute approximate surface area is 130 Å². The minimum Gasteiger partial charge on any atom is -0.481 e. The van der Waals surface area contributed by atoms with Gasteiger partial charge in [0.2, 0.25) is 0 Å². The van der Waals surface area contributed by atoms with Crippen molar-refractivity contribution in [3.63, 3.8) is 0 Å². The second-order valence-corrected chi connectivity index (χ2v) is 6.93. The quantitative estimate of drug-likeness (QED) is 0.855. The number of rotatable bonds is 4. The summed E-state index contributed by atoms with van der Waals surface area (Å²) in [5.41, 5.74) is -0.204. The van der Waals surface area contributed by atoms with E-state index in [1.807, 2.05) is 0 Å². The van der Waals surface area contributed by atoms with Gasteiger partial charge in [0.15, 0.2) is 0 Å². The van der Waals surface area contributed by atoms with Crippen LogP contribution in [0, 0.1) is 23.1 Å². The van der Waals surface area contributed by atoms with E-state index < -0.39 is 17.2 Å². The van der Waals surface area contributed by atoms with E-state index in [4.69, 9.17) is 11.6 Å². The van der Waals surface area contributed by atoms with Crippen LogP contribution in [0.25, 0.3) is 0 Å². The second-order valence-electron chi connectivity index (χ2n) is 6.56. The number of hydrogen-bond acceptors (Lipinski definition) is 1. The van der Waals surface area contributed by atoms with Crippen LogP contribution in [0.5, 0.6) is 0 Å². The Balaban J connectivity index is 2.21. The molecule has 2 nitrogen and oxygen atoms in total. The molecule has 1 aliphatic rings. The summed E-state index contributed by atoms with van der Waals surface area (Å²) in [6.45, 7) is 4.36. The molecule has 0 heterocycles. The zero-order valence-corrected chi connectivity index (χ0v) is 13.3. The lowest BCUT2D eigenvalue weighted by Gasteiger charge is -2.38. The lowest BCUT2D eigenvalue weighted by Crippen LogP contribution is -2.38. The minimum absolute atomic E-state index is 0.0594. The topological polar surface area (TPSA) is 37.3 Å². The third kappa shape index (κ3) is 3.39. The largest absolute Gasteiger partial charge is 0.481 e. The Bertz CT molecular complexity index is 520. The summed E-state index contributed by atoms with van der Waals surface area (Å²) in [5, 5.41) is 9.76. The monoisotopic (exact) mass is 312 g/mol. The highest BCUT2D eigenvalue weighted by Gasteiger charge is 2.42. The highest BCUT2D eigenvalue weighted by atomic mass is 35.5. The van der Waals surface area contributed by atoms with Crippen molar-refractivity contribution in [2.75, 3.05) is 0 Å². The minimum atomic E-state index is -0.803. The maximum absolute atomic E-state index is 13.5. The van der Waals surface area contributed by atoms with Crippen molar-refractivity contribution in [2.45, 2.75) is 46.0 Å². The van der Waals surface area contributed by atoms with Gasteiger partial charge in [-0.1, -0.05) is 37.6 Å². The van der Waals surface area contributed by atoms with Crippen molar-refractivity contribution >= 4 is 17.6 Å². The number of benzene rings is 1. The number of hydrogen-bond donors (Lipinski definition) is 1. The lowest BCUT2D eigenvalue weighted by atomic mass is 9.65. The first-order valence-corrected chi connectivity index (χ1v) is 7.90. The van der Waals surface area contributed by atoms with Crippen LogP contribution in [0.15, 0.2) is 18.2 Å². The molecule has 0 unspecified atom stereocenters. The van der Waals surface area contributed by atoms with E-state index in [2.05, 4.69) is 13.8 Å². The summed E-state index contributed by atoms with van der Waals surface area (Å²) in [6, 6.07) is 4.62. The van der Waals surface area contributed by atoms with Gasteiger partial charge in [-0.15, -0.1) is 0 Å². The van der Waals surface area contributed by atoms with Gasteiger partial charge in [0.25, 0.3) is 0 Å². The lowest BCUT2D eigenvalue weighted by molar-refractivity contribution is -0.151. The van der Waals surface area contributed by atoms with Crippen LogP contribution in [-0.2, 0) is 11.2 Å². The van der Waals surface area contributed by atoms with E-state index in [9.17, 15) is 14.3 Å². The molecule has 1 saturated carbocycles. The predicted octanol–water partition coefficient (Wildman–Crippen LogP) is 4.94. The molecular formula is C17H22ClFO2. The molecule has 1 N–H and O–H groups in total. The van der Waals surface area contributed by atoms with Crippen molar-refractivity contribution in [2.24, 2.45) is 17.3 Å². The number of carboxylic acids is 1. The predicted molar refractivity (Wildman–Crippen MR) is 82.0 cm³/mol. The van der Waals surface area contributed by atoms with Crippen LogP contribution in [0.2, 0.25) is 5.02 Å². The standard InChI is InChI=1S/C17H22ClFO2/c1-11(2)12-6-8-17(9-7-12,16(20)21)10-13-4-3-5-14(19)15(13)18/h3-5,11-12H,6-10H2,1-2H3,(H,20,21). The van der Waals surface area contributed by atoms with Crippen molar-refractivity contribution in [3.05, 3.63) is 34.6 Å². The van der Waals surface area contributed by atoms with Gasteiger partial charge in [-0.05, 0) is 55.6 Å². The van der Waals surface area contributed by atoms with Crippen molar-refractivity contribution in [3.8, 4) is 0 Å². The van der Waals surface area contributed by atoms with E-state index >= 15 is 0 Å². The van der Waals surface area contributed by atoms with Gasteiger partial charge in [0.05, 0.1) is 10.4 Å². The molecular weight excluding hydrogens is 291 g/mol. The van der Waals surface area contributed by atoms with Gasteiger partial charge in [-0.3, -0.25) is 4.79 Å². The highest BCUT2D eigenvalue weighted by molar-refractivity contribution is 6.31. The smallest absolute Gasteiger partial charge is 0.309 e. The number of halogens is 2. The van der Waals surface area contributed by atoms with Gasteiger partial charge in [-0.25, -0.2) is 4.39 Å². The molecule has 21 heavy (non-hydrogen) atoms. The first kappa shape index (κ1) is 16.3. The Morgan fingerprint density at radius 3 is 2.57 bits per heavy atom. The van der Waals surface area contributed by atoms with Crippen LogP contribution in [0.3, 0.4) is 0 Å². The molecule has 0 saturated heterocycles. The number of carbonyl (C=O) groups is 1. The molecule has 0 aliphatic heterocycles. The molecule has 0 amide bonds. The average molecular weight is 313 g/mol. The highest BCUT2D eigenvalue weighted by Crippen LogP contribution is 2.44. The summed E-state index contributed by atoms with van der Waals surface area (Å²) in [7, 11) is 0. The van der Waals surface area contributed by atoms with E-state index in [-0.39, 0.29) is 5.02 Å². The van der Waals surface area contributed by atoms with Crippen LogP contribution < -0.4 is 0 Å². The number of carboxylic acid groups (broad SMARTS) is 1. The molecule has 0 bridgehead atoms. The molecule has 116 valence electrons. The molecule has 0 radical (unpaired) electrons. The zero-order valence-electron chi connectivity index (χ0n) is 12.5. The first-order chi connectivity index (χ1) is 9.85. The van der Waals surface area contributed by atoms with Crippen molar-refractivity contribution < 1.29 is 14.3 Å². The molecule has 1 fully saturated rings. The van der Waals surface area contributed by atoms with Gasteiger partial charge in [0.1, 0.15) is 5.82 Å². The van der Waals surface area contributed by atoms with E-state index in [0.717, 1.165) is 12.8 Å². The van der Waals surface area contributed by atoms with Crippen LogP contribution in [0.1, 0.15) is 45.1 Å². The Hall–Kier alpha value is -1.09. The first-order valence-electron chi connectivity index (χ1n) is 7.52. The average Bonchev–Trinajstić information content (AvgIpc) is 2.44. The summed E-state index contributed by atoms with van der Waals surface area (Å²) >= 11 is 5.99. The van der Waals surface area contributed by atoms with Crippen LogP contribution >= 0.6 is 11.6 Å². The van der Waals surface area contributed by atoms with Crippen molar-refractivity contribution in [1.82, 2.24) is 0 Å². The zero-order chi connectivity index (χ0) is 15.6. The molecule has 1 aliphatic carbocycles. The normalized spacial score (nSPS) is 26.0. The Morgan fingerprint density at radius 2 is 2.05 bits per heavy atom. The van der Waals surface area contributed by atoms with Gasteiger partial charge in [0, 0.05) is 0 Å². The second kappa shape index (κ2) is 6.35. The SMILES string of the molecule is CC(C)C1CCC(Cc2cccc(F)c2Cl)(C(=O)O)CC1. The maximum Gasteiger partial charge on any atom is 0.309 e. The third-order valence-corrected chi connectivity index (χ3v) is 5.37. The van der Waals surface area contributed by atoms with Crippen LogP contribution in [0.4, 0.5) is 4.39 Å². The summed E-state index contributed by atoms with van der Waals surface area (Å²) in [4.78, 5) is 11.8. The van der Waals surface area contributed by atoms with E-state index in [1.165, 1.54) is 6.07 Å². The van der Waals surface area contributed by atoms with E-state index in [0.29, 0.717) is 36.7 Å². The maximum atomic E-state index is 13.5. The molecule has 0 atom stereocenters. The Kier molecular flexibility index (Phi) is 4.92. The van der Waals surface area contributed by atoms with Gasteiger partial charge < -0.3 is 5.11 Å². The fraction of sp³-hybridized carbons (Fsp3) is 0.588. The fourth-order valence-corrected chi connectivity index (χ4v) is 3.57. The molecule has 0 spiro atoms. The fourth-order valence-electron chi connectivity index (χ4n) is 3.38. The van der Waals surface area contributed by atoms with Crippen molar-refractivity contribution in [1.29, 1.82) is 0 Å². The molecule has 0 aromatic heterocycles. The molecule has 4 heteroatoms. The molecule has 1 aromatic rings.